The lowest BCUT2D eigenvalue weighted by molar-refractivity contribution is -0.329. The Kier molecular flexibility index (Phi) is 5.91. The highest BCUT2D eigenvalue weighted by Crippen LogP contribution is 2.36. The number of ether oxygens (including phenoxy) is 2. The van der Waals surface area contributed by atoms with E-state index >= 15 is 0 Å². The maximum absolute atomic E-state index is 12.2. The molecule has 18 heavy (non-hydrogen) atoms. The number of esters is 1. The normalized spacial score (nSPS) is 14.7. The van der Waals surface area contributed by atoms with Crippen molar-refractivity contribution in [1.29, 1.82) is 0 Å². The quantitative estimate of drug-likeness (QED) is 0.574. The van der Waals surface area contributed by atoms with E-state index in [1.165, 1.54) is 13.8 Å². The standard InChI is InChI=1S/C9H12F6O3/c1-3-5(6(16)17-4-2)18-7(8(10,11)12)9(13,14)15/h5,7H,3-4H2,1-2H3. The Bertz CT molecular complexity index is 258. The summed E-state index contributed by atoms with van der Waals surface area (Å²) in [6.07, 6.45) is -17.5. The molecule has 3 nitrogen and oxygen atoms in total. The molecule has 0 aromatic rings. The van der Waals surface area contributed by atoms with Gasteiger partial charge in [-0.15, -0.1) is 0 Å². The van der Waals surface area contributed by atoms with Gasteiger partial charge in [-0.3, -0.25) is 0 Å². The van der Waals surface area contributed by atoms with Gasteiger partial charge in [0.05, 0.1) is 6.61 Å². The molecule has 108 valence electrons. The Labute approximate surface area is 99.0 Å². The van der Waals surface area contributed by atoms with Gasteiger partial charge < -0.3 is 9.47 Å². The van der Waals surface area contributed by atoms with Crippen molar-refractivity contribution in [3.05, 3.63) is 0 Å². The van der Waals surface area contributed by atoms with Gasteiger partial charge in [-0.25, -0.2) is 4.79 Å². The topological polar surface area (TPSA) is 35.5 Å². The van der Waals surface area contributed by atoms with E-state index in [1.807, 2.05) is 0 Å². The minimum Gasteiger partial charge on any atom is -0.464 e. The van der Waals surface area contributed by atoms with E-state index in [9.17, 15) is 31.1 Å². The summed E-state index contributed by atoms with van der Waals surface area (Å²) in [6.45, 7) is 2.42. The van der Waals surface area contributed by atoms with Gasteiger partial charge in [0, 0.05) is 0 Å². The summed E-state index contributed by atoms with van der Waals surface area (Å²) in [5.74, 6) is -1.25. The lowest BCUT2D eigenvalue weighted by Gasteiger charge is -2.26. The molecule has 0 heterocycles. The smallest absolute Gasteiger partial charge is 0.423 e. The molecule has 0 aromatic heterocycles. The Morgan fingerprint density at radius 3 is 1.78 bits per heavy atom. The molecule has 1 unspecified atom stereocenters. The van der Waals surface area contributed by atoms with E-state index < -0.39 is 30.5 Å². The summed E-state index contributed by atoms with van der Waals surface area (Å²) in [6, 6.07) is 0. The fraction of sp³-hybridized carbons (Fsp3) is 0.889. The zero-order valence-electron chi connectivity index (χ0n) is 9.56. The maximum atomic E-state index is 12.2. The van der Waals surface area contributed by atoms with Gasteiger partial charge in [0.2, 0.25) is 6.10 Å². The molecule has 1 atom stereocenters. The highest BCUT2D eigenvalue weighted by atomic mass is 19.4. The van der Waals surface area contributed by atoms with Crippen LogP contribution in [0.3, 0.4) is 0 Å². The fourth-order valence-electron chi connectivity index (χ4n) is 1.06. The summed E-state index contributed by atoms with van der Waals surface area (Å²) in [5.41, 5.74) is 0. The molecule has 0 rings (SSSR count). The largest absolute Gasteiger partial charge is 0.464 e. The summed E-state index contributed by atoms with van der Waals surface area (Å²) in [5, 5.41) is 0. The van der Waals surface area contributed by atoms with Gasteiger partial charge in [0.15, 0.2) is 6.10 Å². The van der Waals surface area contributed by atoms with Gasteiger partial charge in [0.1, 0.15) is 0 Å². The van der Waals surface area contributed by atoms with Gasteiger partial charge in [-0.2, -0.15) is 26.3 Å². The summed E-state index contributed by atoms with van der Waals surface area (Å²) >= 11 is 0. The highest BCUT2D eigenvalue weighted by molar-refractivity contribution is 5.74. The maximum Gasteiger partial charge on any atom is 0.423 e. The molecule has 0 aliphatic carbocycles. The second-order valence-electron chi connectivity index (χ2n) is 3.25. The van der Waals surface area contributed by atoms with Crippen LogP contribution in [0, 0.1) is 0 Å². The molecule has 0 saturated heterocycles. The van der Waals surface area contributed by atoms with Crippen molar-refractivity contribution in [2.75, 3.05) is 6.61 Å². The molecule has 0 aliphatic rings. The van der Waals surface area contributed by atoms with Crippen molar-refractivity contribution < 1.29 is 40.6 Å². The third-order valence-corrected chi connectivity index (χ3v) is 1.82. The third kappa shape index (κ3) is 5.11. The second-order valence-corrected chi connectivity index (χ2v) is 3.25. The molecule has 0 amide bonds. The molecule has 0 saturated carbocycles. The first-order chi connectivity index (χ1) is 8.04. The van der Waals surface area contributed by atoms with Crippen LogP contribution < -0.4 is 0 Å². The van der Waals surface area contributed by atoms with Crippen LogP contribution in [0.5, 0.6) is 0 Å². The van der Waals surface area contributed by atoms with Crippen LogP contribution in [0.4, 0.5) is 26.3 Å². The molecule has 0 aromatic carbocycles. The fourth-order valence-corrected chi connectivity index (χ4v) is 1.06. The molecule has 0 N–H and O–H groups in total. The molecule has 0 spiro atoms. The zero-order valence-corrected chi connectivity index (χ0v) is 9.56. The number of halogens is 6. The molecule has 0 aliphatic heterocycles. The van der Waals surface area contributed by atoms with Crippen molar-refractivity contribution in [2.45, 2.75) is 44.8 Å². The average Bonchev–Trinajstić information content (AvgIpc) is 2.14. The van der Waals surface area contributed by atoms with Crippen LogP contribution in [0.15, 0.2) is 0 Å². The third-order valence-electron chi connectivity index (χ3n) is 1.82. The molecule has 0 fully saturated rings. The van der Waals surface area contributed by atoms with Crippen molar-refractivity contribution >= 4 is 5.97 Å². The summed E-state index contributed by atoms with van der Waals surface area (Å²) in [7, 11) is 0. The van der Waals surface area contributed by atoms with Crippen LogP contribution in [0.2, 0.25) is 0 Å². The lowest BCUT2D eigenvalue weighted by Crippen LogP contribution is -2.48. The lowest BCUT2D eigenvalue weighted by atomic mass is 10.2. The minimum atomic E-state index is -5.64. The second kappa shape index (κ2) is 6.26. The van der Waals surface area contributed by atoms with Crippen molar-refractivity contribution in [3.8, 4) is 0 Å². The Morgan fingerprint density at radius 1 is 1.06 bits per heavy atom. The molecular formula is C9H12F6O3. The Morgan fingerprint density at radius 2 is 1.50 bits per heavy atom. The predicted molar refractivity (Wildman–Crippen MR) is 47.7 cm³/mol. The van der Waals surface area contributed by atoms with Gasteiger partial charge in [0.25, 0.3) is 0 Å². The summed E-state index contributed by atoms with van der Waals surface area (Å²) < 4.78 is 81.1. The van der Waals surface area contributed by atoms with E-state index in [0.717, 1.165) is 0 Å². The number of hydrogen-bond acceptors (Lipinski definition) is 3. The van der Waals surface area contributed by atoms with E-state index in [1.54, 1.807) is 0 Å². The first-order valence-corrected chi connectivity index (χ1v) is 4.99. The number of carbonyl (C=O) groups is 1. The average molecular weight is 282 g/mol. The number of rotatable bonds is 5. The zero-order chi connectivity index (χ0) is 14.6. The Hall–Kier alpha value is -0.990. The minimum absolute atomic E-state index is 0.165. The molecule has 0 radical (unpaired) electrons. The predicted octanol–water partition coefficient (Wildman–Crippen LogP) is 2.84. The Balaban J connectivity index is 4.91. The number of alkyl halides is 6. The molecular weight excluding hydrogens is 270 g/mol. The molecule has 0 bridgehead atoms. The van der Waals surface area contributed by atoms with Crippen LogP contribution in [0.25, 0.3) is 0 Å². The SMILES string of the molecule is CCOC(=O)C(CC)OC(C(F)(F)F)C(F)(F)F. The van der Waals surface area contributed by atoms with Crippen LogP contribution in [-0.4, -0.2) is 37.1 Å². The summed E-state index contributed by atoms with van der Waals surface area (Å²) in [4.78, 5) is 11.1. The number of hydrogen-bond donors (Lipinski definition) is 0. The van der Waals surface area contributed by atoms with Crippen LogP contribution in [0.1, 0.15) is 20.3 Å². The van der Waals surface area contributed by atoms with Gasteiger partial charge in [-0.1, -0.05) is 6.92 Å². The first kappa shape index (κ1) is 17.0. The van der Waals surface area contributed by atoms with Crippen LogP contribution in [-0.2, 0) is 14.3 Å². The van der Waals surface area contributed by atoms with Gasteiger partial charge >= 0.3 is 18.3 Å². The van der Waals surface area contributed by atoms with Crippen molar-refractivity contribution in [1.82, 2.24) is 0 Å². The van der Waals surface area contributed by atoms with Crippen molar-refractivity contribution in [3.63, 3.8) is 0 Å². The van der Waals surface area contributed by atoms with Crippen molar-refractivity contribution in [2.24, 2.45) is 0 Å². The van der Waals surface area contributed by atoms with Gasteiger partial charge in [-0.05, 0) is 13.3 Å². The molecule has 9 heteroatoms. The monoisotopic (exact) mass is 282 g/mol. The van der Waals surface area contributed by atoms with E-state index in [0.29, 0.717) is 0 Å². The highest BCUT2D eigenvalue weighted by Gasteiger charge is 2.59. The van der Waals surface area contributed by atoms with E-state index in [4.69, 9.17) is 0 Å². The van der Waals surface area contributed by atoms with Crippen LogP contribution >= 0.6 is 0 Å². The number of carbonyl (C=O) groups excluding carboxylic acids is 1. The first-order valence-electron chi connectivity index (χ1n) is 4.99. The van der Waals surface area contributed by atoms with E-state index in [-0.39, 0.29) is 13.0 Å². The van der Waals surface area contributed by atoms with E-state index in [2.05, 4.69) is 9.47 Å².